The molecule has 21 heavy (non-hydrogen) atoms. The van der Waals surface area contributed by atoms with E-state index in [1.807, 2.05) is 13.8 Å². The van der Waals surface area contributed by atoms with Crippen molar-refractivity contribution in [1.82, 2.24) is 10.2 Å². The fraction of sp³-hybridized carbons (Fsp3) is 0.375. The zero-order valence-electron chi connectivity index (χ0n) is 12.6. The number of amides is 2. The van der Waals surface area contributed by atoms with Crippen molar-refractivity contribution in [2.24, 2.45) is 0 Å². The highest BCUT2D eigenvalue weighted by Crippen LogP contribution is 2.13. The minimum Gasteiger partial charge on any atom is -0.384 e. The molecule has 0 atom stereocenters. The van der Waals surface area contributed by atoms with Gasteiger partial charge in [-0.2, -0.15) is 0 Å². The lowest BCUT2D eigenvalue weighted by Gasteiger charge is -2.18. The summed E-state index contributed by atoms with van der Waals surface area (Å²) in [5, 5.41) is 11.4. The molecule has 5 nitrogen and oxygen atoms in total. The summed E-state index contributed by atoms with van der Waals surface area (Å²) in [6.07, 6.45) is 0. The molecule has 0 saturated heterocycles. The minimum atomic E-state index is -0.230. The minimum absolute atomic E-state index is 0.0126. The van der Waals surface area contributed by atoms with Crippen LogP contribution < -0.4 is 5.32 Å². The largest absolute Gasteiger partial charge is 0.384 e. The van der Waals surface area contributed by atoms with Gasteiger partial charge in [-0.3, -0.25) is 9.59 Å². The second-order valence-electron chi connectivity index (χ2n) is 4.60. The number of nitrogens with zero attached hydrogens (tertiary/aromatic N) is 1. The van der Waals surface area contributed by atoms with Gasteiger partial charge in [0, 0.05) is 24.7 Å². The van der Waals surface area contributed by atoms with Gasteiger partial charge in [0.15, 0.2) is 0 Å². The highest BCUT2D eigenvalue weighted by atomic mass is 16.2. The van der Waals surface area contributed by atoms with E-state index in [4.69, 9.17) is 5.11 Å². The zero-order valence-corrected chi connectivity index (χ0v) is 12.6. The molecule has 0 radical (unpaired) electrons. The van der Waals surface area contributed by atoms with Crippen LogP contribution in [0, 0.1) is 18.8 Å². The summed E-state index contributed by atoms with van der Waals surface area (Å²) >= 11 is 0. The molecule has 0 spiro atoms. The van der Waals surface area contributed by atoms with Gasteiger partial charge in [-0.1, -0.05) is 17.9 Å². The van der Waals surface area contributed by atoms with Crippen molar-refractivity contribution in [2.75, 3.05) is 26.7 Å². The lowest BCUT2D eigenvalue weighted by Crippen LogP contribution is -2.38. The van der Waals surface area contributed by atoms with Crippen LogP contribution >= 0.6 is 0 Å². The second kappa shape index (κ2) is 8.08. The molecule has 0 aliphatic rings. The van der Waals surface area contributed by atoms with Gasteiger partial charge in [0.2, 0.25) is 5.91 Å². The fourth-order valence-corrected chi connectivity index (χ4v) is 1.82. The third kappa shape index (κ3) is 4.93. The standard InChI is InChI=1S/C16H20N2O3/c1-4-17-15(20)11-18(3)16(21)14-10-13(6-5-9-19)8-7-12(14)2/h7-8,10,19H,4,9,11H2,1-3H3,(H,17,20). The summed E-state index contributed by atoms with van der Waals surface area (Å²) in [4.78, 5) is 25.3. The van der Waals surface area contributed by atoms with E-state index in [1.54, 1.807) is 25.2 Å². The zero-order chi connectivity index (χ0) is 15.8. The molecule has 0 aliphatic heterocycles. The summed E-state index contributed by atoms with van der Waals surface area (Å²) in [6.45, 7) is 3.97. The highest BCUT2D eigenvalue weighted by molar-refractivity contribution is 5.97. The summed E-state index contributed by atoms with van der Waals surface area (Å²) in [7, 11) is 1.59. The van der Waals surface area contributed by atoms with Crippen LogP contribution in [0.3, 0.4) is 0 Å². The van der Waals surface area contributed by atoms with E-state index in [2.05, 4.69) is 17.2 Å². The molecule has 2 N–H and O–H groups in total. The Kier molecular flexibility index (Phi) is 6.44. The Balaban J connectivity index is 2.92. The fourth-order valence-electron chi connectivity index (χ4n) is 1.82. The molecule has 0 saturated carbocycles. The predicted molar refractivity (Wildman–Crippen MR) is 80.8 cm³/mol. The number of carbonyl (C=O) groups excluding carboxylic acids is 2. The smallest absolute Gasteiger partial charge is 0.254 e. The van der Waals surface area contributed by atoms with E-state index in [-0.39, 0.29) is 25.0 Å². The second-order valence-corrected chi connectivity index (χ2v) is 4.60. The van der Waals surface area contributed by atoms with Gasteiger partial charge >= 0.3 is 0 Å². The molecule has 112 valence electrons. The van der Waals surface area contributed by atoms with Crippen molar-refractivity contribution in [3.63, 3.8) is 0 Å². The maximum Gasteiger partial charge on any atom is 0.254 e. The average Bonchev–Trinajstić information content (AvgIpc) is 2.45. The van der Waals surface area contributed by atoms with Crippen LogP contribution in [-0.4, -0.2) is 48.6 Å². The van der Waals surface area contributed by atoms with E-state index < -0.39 is 0 Å². The molecule has 0 fully saturated rings. The Labute approximate surface area is 125 Å². The van der Waals surface area contributed by atoms with E-state index >= 15 is 0 Å². The summed E-state index contributed by atoms with van der Waals surface area (Å²) < 4.78 is 0. The Morgan fingerprint density at radius 2 is 2.10 bits per heavy atom. The summed E-state index contributed by atoms with van der Waals surface area (Å²) in [5.41, 5.74) is 1.98. The molecule has 1 rings (SSSR count). The number of hydrogen-bond acceptors (Lipinski definition) is 3. The Morgan fingerprint density at radius 3 is 2.71 bits per heavy atom. The predicted octanol–water partition coefficient (Wildman–Crippen LogP) is 0.547. The average molecular weight is 288 g/mol. The number of hydrogen-bond donors (Lipinski definition) is 2. The number of aliphatic hydroxyl groups excluding tert-OH is 1. The van der Waals surface area contributed by atoms with Crippen LogP contribution in [0.25, 0.3) is 0 Å². The first-order chi connectivity index (χ1) is 9.99. The number of rotatable bonds is 4. The SMILES string of the molecule is CCNC(=O)CN(C)C(=O)c1cc(C#CCO)ccc1C. The van der Waals surface area contributed by atoms with Gasteiger partial charge in [0.1, 0.15) is 6.61 Å². The lowest BCUT2D eigenvalue weighted by molar-refractivity contribution is -0.121. The molecule has 0 unspecified atom stereocenters. The van der Waals surface area contributed by atoms with E-state index in [9.17, 15) is 9.59 Å². The number of benzene rings is 1. The van der Waals surface area contributed by atoms with E-state index in [0.29, 0.717) is 17.7 Å². The van der Waals surface area contributed by atoms with Crippen molar-refractivity contribution < 1.29 is 14.7 Å². The molecule has 1 aromatic carbocycles. The van der Waals surface area contributed by atoms with Gasteiger partial charge in [-0.25, -0.2) is 0 Å². The molecular formula is C16H20N2O3. The van der Waals surface area contributed by atoms with Crippen LogP contribution in [-0.2, 0) is 4.79 Å². The molecule has 0 aromatic heterocycles. The third-order valence-corrected chi connectivity index (χ3v) is 2.88. The summed E-state index contributed by atoms with van der Waals surface area (Å²) in [6, 6.07) is 5.27. The van der Waals surface area contributed by atoms with Gasteiger partial charge < -0.3 is 15.3 Å². The molecule has 0 heterocycles. The highest BCUT2D eigenvalue weighted by Gasteiger charge is 2.16. The number of carbonyl (C=O) groups is 2. The number of nitrogens with one attached hydrogen (secondary N) is 1. The Hall–Kier alpha value is -2.32. The maximum atomic E-state index is 12.4. The van der Waals surface area contributed by atoms with Crippen molar-refractivity contribution in [2.45, 2.75) is 13.8 Å². The molecule has 0 aliphatic carbocycles. The molecule has 0 bridgehead atoms. The van der Waals surface area contributed by atoms with Gasteiger partial charge in [0.25, 0.3) is 5.91 Å². The maximum absolute atomic E-state index is 12.4. The summed E-state index contributed by atoms with van der Waals surface area (Å²) in [5.74, 6) is 4.89. The van der Waals surface area contributed by atoms with Crippen LogP contribution in [0.5, 0.6) is 0 Å². The first kappa shape index (κ1) is 16.7. The Bertz CT molecular complexity index is 585. The Morgan fingerprint density at radius 1 is 1.38 bits per heavy atom. The van der Waals surface area contributed by atoms with Gasteiger partial charge in [0.05, 0.1) is 6.54 Å². The van der Waals surface area contributed by atoms with Gasteiger partial charge in [-0.15, -0.1) is 0 Å². The van der Waals surface area contributed by atoms with Crippen LogP contribution in [0.4, 0.5) is 0 Å². The van der Waals surface area contributed by atoms with E-state index in [0.717, 1.165) is 5.56 Å². The topological polar surface area (TPSA) is 69.6 Å². The first-order valence-corrected chi connectivity index (χ1v) is 6.72. The quantitative estimate of drug-likeness (QED) is 0.795. The normalized spacial score (nSPS) is 9.52. The number of aliphatic hydroxyl groups is 1. The molecule has 1 aromatic rings. The van der Waals surface area contributed by atoms with Crippen molar-refractivity contribution in [3.05, 3.63) is 34.9 Å². The van der Waals surface area contributed by atoms with Crippen LogP contribution in [0.15, 0.2) is 18.2 Å². The molecule has 5 heteroatoms. The number of aryl methyl sites for hydroxylation is 1. The van der Waals surface area contributed by atoms with E-state index in [1.165, 1.54) is 4.90 Å². The first-order valence-electron chi connectivity index (χ1n) is 6.72. The third-order valence-electron chi connectivity index (χ3n) is 2.88. The number of likely N-dealkylation sites (N-methyl/N-ethyl adjacent to an activating group) is 2. The molecule has 2 amide bonds. The monoisotopic (exact) mass is 288 g/mol. The lowest BCUT2D eigenvalue weighted by atomic mass is 10.0. The van der Waals surface area contributed by atoms with Gasteiger partial charge in [-0.05, 0) is 31.5 Å². The molecular weight excluding hydrogens is 268 g/mol. The van der Waals surface area contributed by atoms with Crippen LogP contribution in [0.1, 0.15) is 28.4 Å². The van der Waals surface area contributed by atoms with Crippen molar-refractivity contribution >= 4 is 11.8 Å². The van der Waals surface area contributed by atoms with Crippen LogP contribution in [0.2, 0.25) is 0 Å². The van der Waals surface area contributed by atoms with Crippen molar-refractivity contribution in [3.8, 4) is 11.8 Å². The van der Waals surface area contributed by atoms with Crippen molar-refractivity contribution in [1.29, 1.82) is 0 Å².